The van der Waals surface area contributed by atoms with Gasteiger partial charge in [0, 0.05) is 11.2 Å². The van der Waals surface area contributed by atoms with Crippen LogP contribution in [0.3, 0.4) is 0 Å². The maximum Gasteiger partial charge on any atom is 0.250 e. The molecule has 0 aromatic heterocycles. The Hall–Kier alpha value is -0.610. The molecule has 4 heteroatoms. The van der Waals surface area contributed by atoms with E-state index in [1.165, 1.54) is 12.8 Å². The van der Waals surface area contributed by atoms with Gasteiger partial charge in [-0.3, -0.25) is 4.79 Å². The van der Waals surface area contributed by atoms with Crippen LogP contribution in [0, 0.1) is 5.92 Å². The second-order valence-electron chi connectivity index (χ2n) is 4.32. The standard InChI is InChI=1S/C11H18N2OS/c1-3-8-7-11(8,12)10(14)13-15(4-2)9-5-6-9/h3-4,8-9H,1,5-7,12H2,2H3,(H,13,14)/t8?,11-,15?/m1/s1. The molecule has 2 unspecified atom stereocenters. The Kier molecular flexibility index (Phi) is 2.73. The van der Waals surface area contributed by atoms with E-state index in [1.54, 1.807) is 6.08 Å². The first-order valence-corrected chi connectivity index (χ1v) is 6.71. The van der Waals surface area contributed by atoms with Crippen molar-refractivity contribution in [2.75, 3.05) is 0 Å². The predicted octanol–water partition coefficient (Wildman–Crippen LogP) is 1.17. The number of hydrogen-bond acceptors (Lipinski definition) is 2. The summed E-state index contributed by atoms with van der Waals surface area (Å²) in [4.78, 5) is 11.9. The highest BCUT2D eigenvalue weighted by Gasteiger charge is 2.55. The van der Waals surface area contributed by atoms with Crippen LogP contribution in [0.4, 0.5) is 0 Å². The van der Waals surface area contributed by atoms with E-state index in [4.69, 9.17) is 5.73 Å². The quantitative estimate of drug-likeness (QED) is 0.558. The lowest BCUT2D eigenvalue weighted by molar-refractivity contribution is -0.121. The fourth-order valence-corrected chi connectivity index (χ4v) is 3.44. The first kappa shape index (κ1) is 10.9. The number of nitrogens with one attached hydrogen (secondary N) is 1. The number of hydrogen-bond donors (Lipinski definition) is 2. The molecule has 2 fully saturated rings. The van der Waals surface area contributed by atoms with Gasteiger partial charge in [-0.25, -0.2) is 0 Å². The normalized spacial score (nSPS) is 36.0. The third-order valence-corrected chi connectivity index (χ3v) is 5.23. The molecule has 0 saturated heterocycles. The van der Waals surface area contributed by atoms with E-state index >= 15 is 0 Å². The topological polar surface area (TPSA) is 55.1 Å². The smallest absolute Gasteiger partial charge is 0.250 e. The fraction of sp³-hybridized carbons (Fsp3) is 0.636. The van der Waals surface area contributed by atoms with E-state index in [9.17, 15) is 4.79 Å². The number of rotatable bonds is 4. The maximum atomic E-state index is 11.9. The summed E-state index contributed by atoms with van der Waals surface area (Å²) in [6.07, 6.45) is 4.99. The van der Waals surface area contributed by atoms with Gasteiger partial charge in [-0.05, 0) is 31.6 Å². The molecule has 2 rings (SSSR count). The molecule has 2 saturated carbocycles. The van der Waals surface area contributed by atoms with Gasteiger partial charge in [0.05, 0.1) is 0 Å². The van der Waals surface area contributed by atoms with Crippen molar-refractivity contribution in [3.05, 3.63) is 12.7 Å². The van der Waals surface area contributed by atoms with Crippen molar-refractivity contribution in [2.24, 2.45) is 11.7 Å². The van der Waals surface area contributed by atoms with Gasteiger partial charge < -0.3 is 10.5 Å². The van der Waals surface area contributed by atoms with Gasteiger partial charge in [0.1, 0.15) is 5.54 Å². The third-order valence-electron chi connectivity index (χ3n) is 3.11. The van der Waals surface area contributed by atoms with E-state index in [0.29, 0.717) is 5.25 Å². The van der Waals surface area contributed by atoms with Crippen LogP contribution in [0.2, 0.25) is 0 Å². The highest BCUT2D eigenvalue weighted by Crippen LogP contribution is 2.44. The van der Waals surface area contributed by atoms with Gasteiger partial charge >= 0.3 is 0 Å². The summed E-state index contributed by atoms with van der Waals surface area (Å²) >= 11 is 0. The molecule has 0 heterocycles. The first-order valence-electron chi connectivity index (χ1n) is 5.35. The molecule has 15 heavy (non-hydrogen) atoms. The molecular weight excluding hydrogens is 208 g/mol. The minimum atomic E-state index is -0.662. The molecule has 0 aliphatic heterocycles. The average Bonchev–Trinajstić information content (AvgIpc) is 3.09. The Morgan fingerprint density at radius 1 is 1.67 bits per heavy atom. The van der Waals surface area contributed by atoms with Crippen LogP contribution in [0.5, 0.6) is 0 Å². The molecule has 3 N–H and O–H groups in total. The molecule has 3 atom stereocenters. The summed E-state index contributed by atoms with van der Waals surface area (Å²) < 4.78 is 3.06. The van der Waals surface area contributed by atoms with E-state index in [2.05, 4.69) is 16.7 Å². The lowest BCUT2D eigenvalue weighted by Gasteiger charge is -2.14. The monoisotopic (exact) mass is 226 g/mol. The fourth-order valence-electron chi connectivity index (χ4n) is 1.72. The molecule has 3 nitrogen and oxygen atoms in total. The Morgan fingerprint density at radius 2 is 2.33 bits per heavy atom. The van der Waals surface area contributed by atoms with E-state index in [0.717, 1.165) is 6.42 Å². The zero-order valence-electron chi connectivity index (χ0n) is 9.03. The van der Waals surface area contributed by atoms with Gasteiger partial charge in [0.2, 0.25) is 5.91 Å². The second-order valence-corrected chi connectivity index (χ2v) is 6.41. The minimum absolute atomic E-state index is 0.000679. The van der Waals surface area contributed by atoms with Crippen LogP contribution in [-0.2, 0) is 4.79 Å². The zero-order chi connectivity index (χ0) is 11.1. The molecule has 2 aliphatic rings. The summed E-state index contributed by atoms with van der Waals surface area (Å²) in [5.41, 5.74) is 5.31. The van der Waals surface area contributed by atoms with Crippen LogP contribution in [-0.4, -0.2) is 22.1 Å². The Bertz CT molecular complexity index is 335. The molecule has 84 valence electrons. The van der Waals surface area contributed by atoms with E-state index in [1.807, 2.05) is 6.92 Å². The summed E-state index contributed by atoms with van der Waals surface area (Å²) in [6, 6.07) is 0. The number of amides is 1. The van der Waals surface area contributed by atoms with E-state index in [-0.39, 0.29) is 22.5 Å². The van der Waals surface area contributed by atoms with Gasteiger partial charge in [-0.1, -0.05) is 16.7 Å². The van der Waals surface area contributed by atoms with E-state index < -0.39 is 5.54 Å². The highest BCUT2D eigenvalue weighted by molar-refractivity contribution is 8.14. The van der Waals surface area contributed by atoms with Crippen LogP contribution in [0.1, 0.15) is 26.2 Å². The Labute approximate surface area is 93.2 Å². The summed E-state index contributed by atoms with van der Waals surface area (Å²) in [7, 11) is -0.0644. The van der Waals surface area contributed by atoms with Gasteiger partial charge in [0.15, 0.2) is 0 Å². The van der Waals surface area contributed by atoms with Crippen LogP contribution in [0.25, 0.3) is 0 Å². The van der Waals surface area contributed by atoms with Gasteiger partial charge in [0.25, 0.3) is 0 Å². The minimum Gasteiger partial charge on any atom is -0.317 e. The molecule has 0 bridgehead atoms. The van der Waals surface area contributed by atoms with Crippen molar-refractivity contribution in [1.82, 2.24) is 4.72 Å². The molecular formula is C11H18N2OS. The maximum absolute atomic E-state index is 11.9. The van der Waals surface area contributed by atoms with Crippen LogP contribution >= 0.6 is 10.7 Å². The second kappa shape index (κ2) is 3.76. The molecule has 0 aromatic rings. The van der Waals surface area contributed by atoms with Crippen molar-refractivity contribution in [1.29, 1.82) is 0 Å². The Morgan fingerprint density at radius 3 is 2.73 bits per heavy atom. The lowest BCUT2D eigenvalue weighted by atomic mass is 10.2. The lowest BCUT2D eigenvalue weighted by Crippen LogP contribution is -2.42. The number of nitrogens with two attached hydrogens (primary N) is 1. The summed E-state index contributed by atoms with van der Waals surface area (Å²) in [6.45, 7) is 5.68. The van der Waals surface area contributed by atoms with Crippen molar-refractivity contribution in [3.8, 4) is 0 Å². The van der Waals surface area contributed by atoms with Crippen molar-refractivity contribution in [2.45, 2.75) is 37.0 Å². The largest absolute Gasteiger partial charge is 0.317 e. The molecule has 1 amide bonds. The first-order chi connectivity index (χ1) is 7.11. The zero-order valence-corrected chi connectivity index (χ0v) is 9.85. The van der Waals surface area contributed by atoms with Crippen LogP contribution < -0.4 is 10.5 Å². The molecule has 2 aliphatic carbocycles. The third kappa shape index (κ3) is 2.01. The average molecular weight is 226 g/mol. The molecule has 0 aromatic carbocycles. The summed E-state index contributed by atoms with van der Waals surface area (Å²) in [5, 5.41) is 2.76. The van der Waals surface area contributed by atoms with Gasteiger partial charge in [-0.2, -0.15) is 0 Å². The molecule has 0 spiro atoms. The van der Waals surface area contributed by atoms with Crippen molar-refractivity contribution >= 4 is 21.9 Å². The van der Waals surface area contributed by atoms with Gasteiger partial charge in [-0.15, -0.1) is 6.58 Å². The SMILES string of the molecule is C=CC1C[C@]1(N)C(=O)N/S(=C/C)C1CC1. The number of carbonyl (C=O) groups excluding carboxylic acids is 1. The van der Waals surface area contributed by atoms with Crippen molar-refractivity contribution in [3.63, 3.8) is 0 Å². The summed E-state index contributed by atoms with van der Waals surface area (Å²) in [5.74, 6) is 0.166. The predicted molar refractivity (Wildman–Crippen MR) is 65.7 cm³/mol. The van der Waals surface area contributed by atoms with Crippen LogP contribution in [0.15, 0.2) is 12.7 Å². The molecule has 0 radical (unpaired) electrons. The van der Waals surface area contributed by atoms with Crippen molar-refractivity contribution < 1.29 is 4.79 Å². The number of carbonyl (C=O) groups is 1. The Balaban J connectivity index is 1.95. The highest BCUT2D eigenvalue weighted by atomic mass is 32.2.